The molecule has 40 heavy (non-hydrogen) atoms. The monoisotopic (exact) mass is 560 g/mol. The molecule has 0 aromatic rings. The standard InChI is InChI=1S/C34H56O6/c1-19(2)20(3)29-30(40-32(7,8)39-29)21(4)24-11-12-25-23(18-36)26(13-14-33(24,25)9)34(10)16-28-27(15-22(34)17-35)37-31(5,6)38-28/h17-30H,11-16H2,1-10H3/t20-,21+,22-,23?,24-,25+,26?,27+,28-,29-,30-,33-,34+/m1/s1. The lowest BCUT2D eigenvalue weighted by atomic mass is 9.48. The Hall–Kier alpha value is -0.820. The molecule has 0 N–H and O–H groups in total. The van der Waals surface area contributed by atoms with Crippen LogP contribution >= 0.6 is 0 Å². The zero-order valence-electron chi connectivity index (χ0n) is 26.8. The van der Waals surface area contributed by atoms with Crippen molar-refractivity contribution in [1.82, 2.24) is 0 Å². The molecule has 0 aromatic heterocycles. The molecule has 0 amide bonds. The molecule has 3 saturated carbocycles. The van der Waals surface area contributed by atoms with Gasteiger partial charge in [0.15, 0.2) is 11.6 Å². The molecule has 5 rings (SSSR count). The van der Waals surface area contributed by atoms with Gasteiger partial charge in [0.05, 0.1) is 24.4 Å². The largest absolute Gasteiger partial charge is 0.345 e. The molecule has 13 atom stereocenters. The van der Waals surface area contributed by atoms with E-state index in [1.54, 1.807) is 0 Å². The Kier molecular flexibility index (Phi) is 7.98. The van der Waals surface area contributed by atoms with Crippen LogP contribution in [0.1, 0.15) is 108 Å². The number of fused-ring (bicyclic) bond motifs is 2. The van der Waals surface area contributed by atoms with Gasteiger partial charge in [0, 0.05) is 11.8 Å². The second-order valence-corrected chi connectivity index (χ2v) is 16.1. The van der Waals surface area contributed by atoms with Crippen LogP contribution in [0.25, 0.3) is 0 Å². The van der Waals surface area contributed by atoms with Crippen LogP contribution in [0.5, 0.6) is 0 Å². The van der Waals surface area contributed by atoms with Crippen LogP contribution in [0.3, 0.4) is 0 Å². The van der Waals surface area contributed by atoms with Crippen molar-refractivity contribution in [3.05, 3.63) is 0 Å². The van der Waals surface area contributed by atoms with E-state index >= 15 is 0 Å². The summed E-state index contributed by atoms with van der Waals surface area (Å²) < 4.78 is 25.7. The van der Waals surface area contributed by atoms with Crippen LogP contribution in [-0.4, -0.2) is 48.6 Å². The molecule has 0 aromatic carbocycles. The number of hydrogen-bond acceptors (Lipinski definition) is 6. The van der Waals surface area contributed by atoms with E-state index in [0.29, 0.717) is 36.0 Å². The van der Waals surface area contributed by atoms with Crippen molar-refractivity contribution < 1.29 is 28.5 Å². The van der Waals surface area contributed by atoms with Gasteiger partial charge in [-0.3, -0.25) is 0 Å². The van der Waals surface area contributed by atoms with E-state index in [4.69, 9.17) is 18.9 Å². The van der Waals surface area contributed by atoms with Gasteiger partial charge < -0.3 is 28.5 Å². The predicted octanol–water partition coefficient (Wildman–Crippen LogP) is 6.83. The van der Waals surface area contributed by atoms with Crippen LogP contribution in [0.2, 0.25) is 0 Å². The van der Waals surface area contributed by atoms with Crippen LogP contribution in [-0.2, 0) is 28.5 Å². The van der Waals surface area contributed by atoms with Crippen molar-refractivity contribution in [2.45, 2.75) is 144 Å². The third kappa shape index (κ3) is 4.95. The first-order valence-corrected chi connectivity index (χ1v) is 16.2. The molecule has 5 fully saturated rings. The van der Waals surface area contributed by atoms with Crippen molar-refractivity contribution in [3.63, 3.8) is 0 Å². The molecule has 0 bridgehead atoms. The first-order valence-electron chi connectivity index (χ1n) is 16.2. The van der Waals surface area contributed by atoms with Crippen LogP contribution < -0.4 is 0 Å². The normalized spacial score (nSPS) is 49.3. The molecule has 5 aliphatic rings. The van der Waals surface area contributed by atoms with E-state index in [1.807, 2.05) is 27.7 Å². The second kappa shape index (κ2) is 10.4. The molecule has 2 heterocycles. The summed E-state index contributed by atoms with van der Waals surface area (Å²) in [6.45, 7) is 22.0. The summed E-state index contributed by atoms with van der Waals surface area (Å²) in [5.41, 5.74) is -0.198. The number of carbonyl (C=O) groups is 2. The highest BCUT2D eigenvalue weighted by Crippen LogP contribution is 2.65. The summed E-state index contributed by atoms with van der Waals surface area (Å²) in [7, 11) is 0. The lowest BCUT2D eigenvalue weighted by Gasteiger charge is -2.56. The minimum Gasteiger partial charge on any atom is -0.345 e. The summed E-state index contributed by atoms with van der Waals surface area (Å²) in [5.74, 6) is 0.873. The van der Waals surface area contributed by atoms with Gasteiger partial charge >= 0.3 is 0 Å². The Morgan fingerprint density at radius 1 is 0.700 bits per heavy atom. The molecule has 6 heteroatoms. The fourth-order valence-corrected chi connectivity index (χ4v) is 10.3. The number of carbonyl (C=O) groups excluding carboxylic acids is 2. The molecular weight excluding hydrogens is 504 g/mol. The molecule has 2 aliphatic heterocycles. The summed E-state index contributed by atoms with van der Waals surface area (Å²) in [6, 6.07) is 0. The van der Waals surface area contributed by atoms with Gasteiger partial charge in [-0.1, -0.05) is 41.5 Å². The van der Waals surface area contributed by atoms with E-state index < -0.39 is 11.6 Å². The van der Waals surface area contributed by atoms with Gasteiger partial charge in [-0.25, -0.2) is 0 Å². The van der Waals surface area contributed by atoms with Crippen LogP contribution in [0.15, 0.2) is 0 Å². The van der Waals surface area contributed by atoms with Crippen LogP contribution in [0.4, 0.5) is 0 Å². The second-order valence-electron chi connectivity index (χ2n) is 16.1. The van der Waals surface area contributed by atoms with Crippen molar-refractivity contribution >= 4 is 12.6 Å². The van der Waals surface area contributed by atoms with Gasteiger partial charge in [-0.15, -0.1) is 0 Å². The number of aldehydes is 2. The average Bonchev–Trinajstić information content (AvgIpc) is 3.49. The molecular formula is C34H56O6. The van der Waals surface area contributed by atoms with E-state index in [1.165, 1.54) is 6.29 Å². The fraction of sp³-hybridized carbons (Fsp3) is 0.941. The lowest BCUT2D eigenvalue weighted by molar-refractivity contribution is -0.159. The first kappa shape index (κ1) is 30.6. The van der Waals surface area contributed by atoms with E-state index in [0.717, 1.165) is 38.4 Å². The third-order valence-corrected chi connectivity index (χ3v) is 12.7. The van der Waals surface area contributed by atoms with E-state index in [2.05, 4.69) is 41.5 Å². The highest BCUT2D eigenvalue weighted by atomic mass is 16.8. The van der Waals surface area contributed by atoms with Crippen molar-refractivity contribution in [2.24, 2.45) is 58.2 Å². The van der Waals surface area contributed by atoms with Gasteiger partial charge in [0.25, 0.3) is 0 Å². The van der Waals surface area contributed by atoms with Crippen molar-refractivity contribution in [2.75, 3.05) is 0 Å². The number of ether oxygens (including phenoxy) is 4. The lowest BCUT2D eigenvalue weighted by Crippen LogP contribution is -2.55. The zero-order chi connectivity index (χ0) is 29.4. The Balaban J connectivity index is 1.39. The van der Waals surface area contributed by atoms with E-state index in [-0.39, 0.29) is 53.0 Å². The highest BCUT2D eigenvalue weighted by Gasteiger charge is 2.63. The molecule has 228 valence electrons. The van der Waals surface area contributed by atoms with Gasteiger partial charge in [-0.05, 0) is 113 Å². The molecule has 2 unspecified atom stereocenters. The molecule has 3 aliphatic carbocycles. The molecule has 2 saturated heterocycles. The fourth-order valence-electron chi connectivity index (χ4n) is 10.3. The SMILES string of the molecule is CC(C)[C@@H](C)[C@H]1OC(C)(C)O[C@@H]1[C@@H](C)[C@H]1CC[C@H]2C(C=O)C([C@@]3(C)C[C@H]4OC(C)(C)O[C@H]4C[C@@H]3C=O)CC[C@]12C. The maximum Gasteiger partial charge on any atom is 0.163 e. The van der Waals surface area contributed by atoms with E-state index in [9.17, 15) is 9.59 Å². The van der Waals surface area contributed by atoms with Crippen molar-refractivity contribution in [3.8, 4) is 0 Å². The summed E-state index contributed by atoms with van der Waals surface area (Å²) in [6.07, 6.45) is 8.17. The molecule has 0 radical (unpaired) electrons. The Morgan fingerprint density at radius 2 is 1.30 bits per heavy atom. The predicted molar refractivity (Wildman–Crippen MR) is 154 cm³/mol. The van der Waals surface area contributed by atoms with Gasteiger partial charge in [-0.2, -0.15) is 0 Å². The minimum absolute atomic E-state index is 0.0177. The number of rotatable bonds is 7. The summed E-state index contributed by atoms with van der Waals surface area (Å²) >= 11 is 0. The maximum absolute atomic E-state index is 13.0. The zero-order valence-corrected chi connectivity index (χ0v) is 26.8. The summed E-state index contributed by atoms with van der Waals surface area (Å²) in [4.78, 5) is 25.5. The quantitative estimate of drug-likeness (QED) is 0.318. The topological polar surface area (TPSA) is 71.1 Å². The van der Waals surface area contributed by atoms with Crippen LogP contribution in [0, 0.1) is 58.2 Å². The number of hydrogen-bond donors (Lipinski definition) is 0. The Bertz CT molecular complexity index is 960. The van der Waals surface area contributed by atoms with Gasteiger partial charge in [0.2, 0.25) is 0 Å². The average molecular weight is 561 g/mol. The summed E-state index contributed by atoms with van der Waals surface area (Å²) in [5, 5.41) is 0. The van der Waals surface area contributed by atoms with Crippen molar-refractivity contribution in [1.29, 1.82) is 0 Å². The molecule has 0 spiro atoms. The molecule has 6 nitrogen and oxygen atoms in total. The smallest absolute Gasteiger partial charge is 0.163 e. The Labute approximate surface area is 243 Å². The van der Waals surface area contributed by atoms with Gasteiger partial charge in [0.1, 0.15) is 12.6 Å². The highest BCUT2D eigenvalue weighted by molar-refractivity contribution is 5.59. The minimum atomic E-state index is -0.621. The Morgan fingerprint density at radius 3 is 1.93 bits per heavy atom. The first-order chi connectivity index (χ1) is 18.6. The maximum atomic E-state index is 13.0. The third-order valence-electron chi connectivity index (χ3n) is 12.7.